The van der Waals surface area contributed by atoms with E-state index in [1.54, 1.807) is 30.3 Å². The number of benzene rings is 2. The van der Waals surface area contributed by atoms with Gasteiger partial charge in [-0.15, -0.1) is 0 Å². The first-order valence-electron chi connectivity index (χ1n) is 9.08. The predicted octanol–water partition coefficient (Wildman–Crippen LogP) is 2.88. The van der Waals surface area contributed by atoms with E-state index in [1.165, 1.54) is 18.4 Å². The molecule has 27 heavy (non-hydrogen) atoms. The van der Waals surface area contributed by atoms with Gasteiger partial charge in [0, 0.05) is 38.8 Å². The van der Waals surface area contributed by atoms with Crippen molar-refractivity contribution in [2.24, 2.45) is 0 Å². The van der Waals surface area contributed by atoms with E-state index >= 15 is 0 Å². The van der Waals surface area contributed by atoms with Crippen LogP contribution in [0.15, 0.2) is 57.9 Å². The van der Waals surface area contributed by atoms with Crippen molar-refractivity contribution in [3.05, 3.63) is 64.8 Å². The summed E-state index contributed by atoms with van der Waals surface area (Å²) >= 11 is 0. The van der Waals surface area contributed by atoms with Crippen molar-refractivity contribution in [2.45, 2.75) is 0 Å². The maximum atomic E-state index is 13.1. The quantitative estimate of drug-likeness (QED) is 0.751. The zero-order valence-corrected chi connectivity index (χ0v) is 14.9. The molecule has 0 saturated carbocycles. The Morgan fingerprint density at radius 1 is 1.11 bits per heavy atom. The molecule has 3 aromatic rings. The molecular weight excluding hydrogens is 347 g/mol. The van der Waals surface area contributed by atoms with Gasteiger partial charge in [0.2, 0.25) is 0 Å². The van der Waals surface area contributed by atoms with Crippen LogP contribution in [0.25, 0.3) is 22.1 Å². The van der Waals surface area contributed by atoms with Gasteiger partial charge in [0.05, 0.1) is 10.9 Å². The lowest BCUT2D eigenvalue weighted by molar-refractivity contribution is 0.191. The second-order valence-electron chi connectivity index (χ2n) is 6.58. The Morgan fingerprint density at radius 2 is 1.89 bits per heavy atom. The summed E-state index contributed by atoms with van der Waals surface area (Å²) in [6.07, 6.45) is 1.42. The number of hydrogen-bond acceptors (Lipinski definition) is 5. The van der Waals surface area contributed by atoms with Crippen molar-refractivity contribution in [1.29, 1.82) is 0 Å². The SMILES string of the molecule is O=c1c(-c2ccc(F)cc2)coc2cc(OCCN3CCNCC3)ccc12. The minimum Gasteiger partial charge on any atom is -0.492 e. The van der Waals surface area contributed by atoms with Crippen LogP contribution in [0.1, 0.15) is 0 Å². The van der Waals surface area contributed by atoms with E-state index in [9.17, 15) is 9.18 Å². The molecule has 1 fully saturated rings. The van der Waals surface area contributed by atoms with Gasteiger partial charge in [-0.25, -0.2) is 4.39 Å². The molecule has 0 spiro atoms. The first kappa shape index (κ1) is 17.7. The Hall–Kier alpha value is -2.70. The van der Waals surface area contributed by atoms with Crippen molar-refractivity contribution >= 4 is 11.0 Å². The summed E-state index contributed by atoms with van der Waals surface area (Å²) < 4.78 is 24.6. The van der Waals surface area contributed by atoms with Crippen LogP contribution in [0.2, 0.25) is 0 Å². The highest BCUT2D eigenvalue weighted by molar-refractivity contribution is 5.82. The average molecular weight is 368 g/mol. The standard InChI is InChI=1S/C21H21FN2O3/c22-16-3-1-15(2-4-16)19-14-27-20-13-17(5-6-18(20)21(19)25)26-12-11-24-9-7-23-8-10-24/h1-6,13-14,23H,7-12H2. The second kappa shape index (κ2) is 7.90. The molecular formula is C21H21FN2O3. The maximum absolute atomic E-state index is 13.1. The Balaban J connectivity index is 1.50. The molecule has 0 amide bonds. The lowest BCUT2D eigenvalue weighted by Gasteiger charge is -2.26. The number of fused-ring (bicyclic) bond motifs is 1. The van der Waals surface area contributed by atoms with Crippen LogP contribution in [0.5, 0.6) is 5.75 Å². The molecule has 140 valence electrons. The van der Waals surface area contributed by atoms with Crippen LogP contribution >= 0.6 is 0 Å². The number of halogens is 1. The molecule has 2 heterocycles. The van der Waals surface area contributed by atoms with E-state index in [-0.39, 0.29) is 11.2 Å². The lowest BCUT2D eigenvalue weighted by Crippen LogP contribution is -2.44. The number of piperazine rings is 1. The summed E-state index contributed by atoms with van der Waals surface area (Å²) in [5.74, 6) is 0.335. The molecule has 0 aliphatic carbocycles. The molecule has 1 saturated heterocycles. The molecule has 1 aromatic heterocycles. The Kier molecular flexibility index (Phi) is 5.18. The third-order valence-electron chi connectivity index (χ3n) is 4.79. The van der Waals surface area contributed by atoms with E-state index in [2.05, 4.69) is 10.2 Å². The van der Waals surface area contributed by atoms with Gasteiger partial charge >= 0.3 is 0 Å². The fraction of sp³-hybridized carbons (Fsp3) is 0.286. The third kappa shape index (κ3) is 4.02. The minimum atomic E-state index is -0.341. The molecule has 5 nitrogen and oxygen atoms in total. The fourth-order valence-electron chi connectivity index (χ4n) is 3.25. The minimum absolute atomic E-state index is 0.143. The van der Waals surface area contributed by atoms with Crippen molar-refractivity contribution in [2.75, 3.05) is 39.3 Å². The Morgan fingerprint density at radius 3 is 2.67 bits per heavy atom. The summed E-state index contributed by atoms with van der Waals surface area (Å²) in [6.45, 7) is 5.54. The van der Waals surface area contributed by atoms with Crippen molar-refractivity contribution < 1.29 is 13.5 Å². The maximum Gasteiger partial charge on any atom is 0.200 e. The second-order valence-corrected chi connectivity index (χ2v) is 6.58. The first-order chi connectivity index (χ1) is 13.2. The molecule has 0 bridgehead atoms. The zero-order chi connectivity index (χ0) is 18.6. The molecule has 0 atom stereocenters. The predicted molar refractivity (Wildman–Crippen MR) is 103 cm³/mol. The van der Waals surface area contributed by atoms with E-state index < -0.39 is 0 Å². The van der Waals surface area contributed by atoms with Crippen LogP contribution in [-0.2, 0) is 0 Å². The average Bonchev–Trinajstić information content (AvgIpc) is 2.70. The monoisotopic (exact) mass is 368 g/mol. The van der Waals surface area contributed by atoms with Crippen molar-refractivity contribution in [3.63, 3.8) is 0 Å². The van der Waals surface area contributed by atoms with Gasteiger partial charge in [0.1, 0.15) is 30.0 Å². The van der Waals surface area contributed by atoms with Crippen molar-refractivity contribution in [1.82, 2.24) is 10.2 Å². The van der Waals surface area contributed by atoms with E-state index in [0.717, 1.165) is 32.7 Å². The lowest BCUT2D eigenvalue weighted by atomic mass is 10.1. The molecule has 0 radical (unpaired) electrons. The summed E-state index contributed by atoms with van der Waals surface area (Å²) in [5.41, 5.74) is 1.37. The van der Waals surface area contributed by atoms with E-state index in [0.29, 0.717) is 34.5 Å². The van der Waals surface area contributed by atoms with Gasteiger partial charge in [0.25, 0.3) is 0 Å². The van der Waals surface area contributed by atoms with Crippen LogP contribution in [-0.4, -0.2) is 44.2 Å². The highest BCUT2D eigenvalue weighted by atomic mass is 19.1. The third-order valence-corrected chi connectivity index (χ3v) is 4.79. The highest BCUT2D eigenvalue weighted by Gasteiger charge is 2.11. The summed E-state index contributed by atoms with van der Waals surface area (Å²) in [7, 11) is 0. The topological polar surface area (TPSA) is 54.7 Å². The van der Waals surface area contributed by atoms with E-state index in [1.807, 2.05) is 0 Å². The smallest absolute Gasteiger partial charge is 0.200 e. The largest absolute Gasteiger partial charge is 0.492 e. The van der Waals surface area contributed by atoms with Crippen LogP contribution < -0.4 is 15.5 Å². The first-order valence-corrected chi connectivity index (χ1v) is 9.08. The number of rotatable bonds is 5. The van der Waals surface area contributed by atoms with Gasteiger partial charge in [-0.2, -0.15) is 0 Å². The van der Waals surface area contributed by atoms with E-state index in [4.69, 9.17) is 9.15 Å². The van der Waals surface area contributed by atoms with Gasteiger partial charge in [-0.05, 0) is 29.8 Å². The van der Waals surface area contributed by atoms with Crippen molar-refractivity contribution in [3.8, 4) is 16.9 Å². The van der Waals surface area contributed by atoms with Gasteiger partial charge in [-0.3, -0.25) is 9.69 Å². The molecule has 6 heteroatoms. The number of nitrogens with one attached hydrogen (secondary N) is 1. The summed E-state index contributed by atoms with van der Waals surface area (Å²) in [5, 5.41) is 3.80. The molecule has 0 unspecified atom stereocenters. The summed E-state index contributed by atoms with van der Waals surface area (Å²) in [6, 6.07) is 11.0. The van der Waals surface area contributed by atoms with Gasteiger partial charge in [-0.1, -0.05) is 12.1 Å². The number of nitrogens with zero attached hydrogens (tertiary/aromatic N) is 1. The van der Waals surface area contributed by atoms with Crippen LogP contribution in [0.4, 0.5) is 4.39 Å². The zero-order valence-electron chi connectivity index (χ0n) is 14.9. The normalized spacial score (nSPS) is 15.1. The molecule has 1 aliphatic heterocycles. The summed E-state index contributed by atoms with van der Waals surface area (Å²) in [4.78, 5) is 15.1. The highest BCUT2D eigenvalue weighted by Crippen LogP contribution is 2.23. The van der Waals surface area contributed by atoms with Crippen LogP contribution in [0.3, 0.4) is 0 Å². The molecule has 1 aliphatic rings. The molecule has 2 aromatic carbocycles. The van der Waals surface area contributed by atoms with Gasteiger partial charge < -0.3 is 14.5 Å². The fourth-order valence-corrected chi connectivity index (χ4v) is 3.25. The number of ether oxygens (including phenoxy) is 1. The van der Waals surface area contributed by atoms with Crippen LogP contribution in [0, 0.1) is 5.82 Å². The Labute approximate surface area is 156 Å². The Bertz CT molecular complexity index is 979. The van der Waals surface area contributed by atoms with Gasteiger partial charge in [0.15, 0.2) is 5.43 Å². The molecule has 4 rings (SSSR count). The molecule has 1 N–H and O–H groups in total. The number of hydrogen-bond donors (Lipinski definition) is 1.